The number of aliphatic hydroxyl groups is 1. The van der Waals surface area contributed by atoms with Crippen molar-refractivity contribution in [2.45, 2.75) is 56.8 Å². The van der Waals surface area contributed by atoms with Crippen molar-refractivity contribution in [3.63, 3.8) is 0 Å². The Labute approximate surface area is 122 Å². The Hall–Kier alpha value is -0.600. The summed E-state index contributed by atoms with van der Waals surface area (Å²) in [6.45, 7) is 3.03. The minimum Gasteiger partial charge on any atom is -0.389 e. The number of hydrogen-bond acceptors (Lipinski definition) is 4. The Balaban J connectivity index is 1.65. The predicted molar refractivity (Wildman–Crippen MR) is 78.5 cm³/mol. The number of hydrogen-bond donors (Lipinski definition) is 1. The maximum Gasteiger partial charge on any atom is 0.0900 e. The third-order valence-corrected chi connectivity index (χ3v) is 4.22. The normalized spacial score (nSPS) is 25.1. The highest BCUT2D eigenvalue weighted by molar-refractivity contribution is 4.92. The second-order valence-corrected chi connectivity index (χ2v) is 5.90. The van der Waals surface area contributed by atoms with E-state index in [1.54, 1.807) is 0 Å². The summed E-state index contributed by atoms with van der Waals surface area (Å²) < 4.78 is 11.1. The van der Waals surface area contributed by atoms with Gasteiger partial charge in [0.05, 0.1) is 32.0 Å². The molecule has 2 unspecified atom stereocenters. The number of ether oxygens (including phenoxy) is 2. The Morgan fingerprint density at radius 2 is 2.10 bits per heavy atom. The molecule has 1 aliphatic carbocycles. The van der Waals surface area contributed by atoms with Gasteiger partial charge in [0.15, 0.2) is 0 Å². The lowest BCUT2D eigenvalue weighted by Gasteiger charge is -2.29. The van der Waals surface area contributed by atoms with Crippen LogP contribution in [0.2, 0.25) is 0 Å². The van der Waals surface area contributed by atoms with Crippen LogP contribution in [0.5, 0.6) is 0 Å². The number of nitrogens with zero attached hydrogens (tertiary/aromatic N) is 1. The van der Waals surface area contributed by atoms with E-state index in [2.05, 4.69) is 10.8 Å². The van der Waals surface area contributed by atoms with Crippen LogP contribution in [-0.4, -0.2) is 61.2 Å². The van der Waals surface area contributed by atoms with Crippen LogP contribution >= 0.6 is 0 Å². The molecule has 4 heteroatoms. The molecule has 2 rings (SSSR count). The zero-order valence-corrected chi connectivity index (χ0v) is 12.3. The first kappa shape index (κ1) is 15.8. The molecule has 1 saturated heterocycles. The molecule has 20 heavy (non-hydrogen) atoms. The first-order chi connectivity index (χ1) is 9.79. The van der Waals surface area contributed by atoms with Gasteiger partial charge in [-0.1, -0.05) is 18.8 Å². The Kier molecular flexibility index (Phi) is 6.81. The van der Waals surface area contributed by atoms with Crippen LogP contribution in [-0.2, 0) is 9.47 Å². The summed E-state index contributed by atoms with van der Waals surface area (Å²) in [4.78, 5) is 2.23. The zero-order chi connectivity index (χ0) is 14.2. The fourth-order valence-electron chi connectivity index (χ4n) is 3.16. The van der Waals surface area contributed by atoms with Crippen LogP contribution < -0.4 is 0 Å². The first-order valence-corrected chi connectivity index (χ1v) is 7.84. The van der Waals surface area contributed by atoms with Crippen LogP contribution in [0, 0.1) is 12.3 Å². The van der Waals surface area contributed by atoms with E-state index >= 15 is 0 Å². The molecule has 0 amide bonds. The lowest BCUT2D eigenvalue weighted by molar-refractivity contribution is -0.0271. The molecule has 1 saturated carbocycles. The second-order valence-electron chi connectivity index (χ2n) is 5.90. The van der Waals surface area contributed by atoms with E-state index in [1.807, 2.05) is 0 Å². The van der Waals surface area contributed by atoms with Gasteiger partial charge in [0.2, 0.25) is 0 Å². The molecule has 4 nitrogen and oxygen atoms in total. The van der Waals surface area contributed by atoms with Gasteiger partial charge in [-0.05, 0) is 25.7 Å². The largest absolute Gasteiger partial charge is 0.389 e. The van der Waals surface area contributed by atoms with Gasteiger partial charge in [-0.2, -0.15) is 0 Å². The van der Waals surface area contributed by atoms with Gasteiger partial charge in [-0.3, -0.25) is 4.90 Å². The molecular weight excluding hydrogens is 254 g/mol. The minimum absolute atomic E-state index is 0.221. The van der Waals surface area contributed by atoms with Gasteiger partial charge < -0.3 is 14.6 Å². The second kappa shape index (κ2) is 8.63. The number of terminal acetylenes is 1. The van der Waals surface area contributed by atoms with Gasteiger partial charge in [-0.25, -0.2) is 0 Å². The smallest absolute Gasteiger partial charge is 0.0900 e. The minimum atomic E-state index is -0.467. The van der Waals surface area contributed by atoms with Crippen molar-refractivity contribution in [3.8, 4) is 12.3 Å². The van der Waals surface area contributed by atoms with Crippen LogP contribution in [0.25, 0.3) is 0 Å². The third-order valence-electron chi connectivity index (χ3n) is 4.22. The quantitative estimate of drug-likeness (QED) is 0.683. The molecule has 1 N–H and O–H groups in total. The van der Waals surface area contributed by atoms with E-state index in [0.29, 0.717) is 32.3 Å². The van der Waals surface area contributed by atoms with E-state index in [9.17, 15) is 5.11 Å². The highest BCUT2D eigenvalue weighted by Crippen LogP contribution is 2.23. The molecule has 2 aliphatic rings. The molecule has 1 aliphatic heterocycles. The van der Waals surface area contributed by atoms with Crippen LogP contribution in [0.15, 0.2) is 0 Å². The van der Waals surface area contributed by atoms with E-state index in [4.69, 9.17) is 15.9 Å². The average Bonchev–Trinajstić information content (AvgIpc) is 3.11. The van der Waals surface area contributed by atoms with E-state index in [1.165, 1.54) is 25.7 Å². The Morgan fingerprint density at radius 3 is 2.75 bits per heavy atom. The molecule has 0 bridgehead atoms. The monoisotopic (exact) mass is 281 g/mol. The molecule has 1 heterocycles. The maximum absolute atomic E-state index is 10.1. The number of aliphatic hydroxyl groups excluding tert-OH is 1. The molecule has 2 atom stereocenters. The standard InChI is InChI=1S/C16H27NO3/c1-2-9-17(14-6-3-4-7-14)11-15(18)12-19-13-16-8-5-10-20-16/h1,14-16,18H,3-13H2. The fourth-order valence-corrected chi connectivity index (χ4v) is 3.16. The van der Waals surface area contributed by atoms with Crippen molar-refractivity contribution in [1.29, 1.82) is 0 Å². The summed E-state index contributed by atoms with van der Waals surface area (Å²) in [7, 11) is 0. The lowest BCUT2D eigenvalue weighted by atomic mass is 10.2. The molecular formula is C16H27NO3. The third kappa shape index (κ3) is 5.06. The summed E-state index contributed by atoms with van der Waals surface area (Å²) in [6, 6.07) is 0.541. The van der Waals surface area contributed by atoms with E-state index in [0.717, 1.165) is 19.4 Å². The van der Waals surface area contributed by atoms with Crippen molar-refractivity contribution < 1.29 is 14.6 Å². The molecule has 0 aromatic carbocycles. The van der Waals surface area contributed by atoms with Gasteiger partial charge in [0.1, 0.15) is 0 Å². The Morgan fingerprint density at radius 1 is 1.30 bits per heavy atom. The van der Waals surface area contributed by atoms with Gasteiger partial charge in [0, 0.05) is 19.2 Å². The predicted octanol–water partition coefficient (Wildman–Crippen LogP) is 1.42. The fraction of sp³-hybridized carbons (Fsp3) is 0.875. The van der Waals surface area contributed by atoms with Crippen molar-refractivity contribution in [2.75, 3.05) is 32.9 Å². The van der Waals surface area contributed by atoms with Gasteiger partial charge in [0.25, 0.3) is 0 Å². The van der Waals surface area contributed by atoms with Gasteiger partial charge in [-0.15, -0.1) is 6.42 Å². The van der Waals surface area contributed by atoms with Gasteiger partial charge >= 0.3 is 0 Å². The average molecular weight is 281 g/mol. The summed E-state index contributed by atoms with van der Waals surface area (Å²) >= 11 is 0. The first-order valence-electron chi connectivity index (χ1n) is 7.84. The molecule has 114 valence electrons. The summed E-state index contributed by atoms with van der Waals surface area (Å²) in [6.07, 6.45) is 12.3. The Bertz CT molecular complexity index is 303. The molecule has 0 radical (unpaired) electrons. The topological polar surface area (TPSA) is 41.9 Å². The zero-order valence-electron chi connectivity index (χ0n) is 12.3. The highest BCUT2D eigenvalue weighted by atomic mass is 16.5. The lowest BCUT2D eigenvalue weighted by Crippen LogP contribution is -2.41. The highest BCUT2D eigenvalue weighted by Gasteiger charge is 2.24. The molecule has 0 aromatic rings. The number of rotatable bonds is 8. The van der Waals surface area contributed by atoms with Crippen molar-refractivity contribution in [2.24, 2.45) is 0 Å². The van der Waals surface area contributed by atoms with Crippen LogP contribution in [0.3, 0.4) is 0 Å². The van der Waals surface area contributed by atoms with Crippen molar-refractivity contribution in [3.05, 3.63) is 0 Å². The molecule has 0 aromatic heterocycles. The summed E-state index contributed by atoms with van der Waals surface area (Å²) in [5.74, 6) is 2.70. The molecule has 0 spiro atoms. The van der Waals surface area contributed by atoms with Crippen LogP contribution in [0.4, 0.5) is 0 Å². The van der Waals surface area contributed by atoms with E-state index in [-0.39, 0.29) is 6.10 Å². The molecule has 2 fully saturated rings. The summed E-state index contributed by atoms with van der Waals surface area (Å²) in [5, 5.41) is 10.1. The SMILES string of the molecule is C#CCN(CC(O)COCC1CCCO1)C1CCCC1. The van der Waals surface area contributed by atoms with Crippen LogP contribution in [0.1, 0.15) is 38.5 Å². The van der Waals surface area contributed by atoms with Crippen molar-refractivity contribution in [1.82, 2.24) is 4.90 Å². The van der Waals surface area contributed by atoms with Crippen molar-refractivity contribution >= 4 is 0 Å². The van der Waals surface area contributed by atoms with E-state index < -0.39 is 6.10 Å². The summed E-state index contributed by atoms with van der Waals surface area (Å²) in [5.41, 5.74) is 0. The maximum atomic E-state index is 10.1.